The van der Waals surface area contributed by atoms with Gasteiger partial charge in [0.05, 0.1) is 12.0 Å². The van der Waals surface area contributed by atoms with Crippen LogP contribution >= 0.6 is 0 Å². The monoisotopic (exact) mass is 578 g/mol. The summed E-state index contributed by atoms with van der Waals surface area (Å²) in [5.41, 5.74) is 1.32. The lowest BCUT2D eigenvalue weighted by molar-refractivity contribution is -0.146. The molecule has 4 rings (SSSR count). The van der Waals surface area contributed by atoms with E-state index in [1.807, 2.05) is 6.92 Å². The Balaban J connectivity index is 1.50. The first-order chi connectivity index (χ1) is 19.6. The minimum absolute atomic E-state index is 0.102. The van der Waals surface area contributed by atoms with Crippen LogP contribution in [0.3, 0.4) is 0 Å². The fourth-order valence-electron chi connectivity index (χ4n) is 5.04. The number of sulfonamides is 1. The molecule has 2 aromatic carbocycles. The van der Waals surface area contributed by atoms with E-state index in [-0.39, 0.29) is 17.2 Å². The molecule has 0 radical (unpaired) electrons. The summed E-state index contributed by atoms with van der Waals surface area (Å²) in [4.78, 5) is 42.9. The maximum atomic E-state index is 13.8. The molecule has 0 bridgehead atoms. The second-order valence-electron chi connectivity index (χ2n) is 10.2. The Kier molecular flexibility index (Phi) is 9.19. The number of benzene rings is 2. The average molecular weight is 579 g/mol. The second-order valence-corrected chi connectivity index (χ2v) is 12.1. The number of pyridine rings is 1. The van der Waals surface area contributed by atoms with Gasteiger partial charge in [-0.2, -0.15) is 4.31 Å². The fraction of sp³-hybridized carbons (Fsp3) is 0.333. The Morgan fingerprint density at radius 2 is 1.59 bits per heavy atom. The molecule has 11 heteroatoms. The summed E-state index contributed by atoms with van der Waals surface area (Å²) in [7, 11) is -1.32. The Hall–Kier alpha value is -4.09. The number of esters is 1. The van der Waals surface area contributed by atoms with Crippen molar-refractivity contribution in [1.29, 1.82) is 0 Å². The van der Waals surface area contributed by atoms with Crippen LogP contribution in [-0.4, -0.2) is 61.2 Å². The van der Waals surface area contributed by atoms with E-state index in [0.29, 0.717) is 42.5 Å². The van der Waals surface area contributed by atoms with Gasteiger partial charge >= 0.3 is 5.97 Å². The molecule has 1 fully saturated rings. The minimum Gasteiger partial charge on any atom is -0.467 e. The van der Waals surface area contributed by atoms with Crippen molar-refractivity contribution >= 4 is 33.5 Å². The molecule has 41 heavy (non-hydrogen) atoms. The van der Waals surface area contributed by atoms with Gasteiger partial charge < -0.3 is 15.4 Å². The van der Waals surface area contributed by atoms with Crippen LogP contribution in [0.25, 0.3) is 0 Å². The number of nitrogens with one attached hydrogen (secondary N) is 2. The first kappa shape index (κ1) is 29.9. The summed E-state index contributed by atoms with van der Waals surface area (Å²) in [6.45, 7) is 1.87. The molecule has 10 nitrogen and oxygen atoms in total. The van der Waals surface area contributed by atoms with Gasteiger partial charge in [0.2, 0.25) is 15.9 Å². The van der Waals surface area contributed by atoms with Crippen LogP contribution in [0.1, 0.15) is 47.2 Å². The Morgan fingerprint density at radius 3 is 2.17 bits per heavy atom. The van der Waals surface area contributed by atoms with Crippen LogP contribution in [0.5, 0.6) is 0 Å². The summed E-state index contributed by atoms with van der Waals surface area (Å²) in [5.74, 6) is -1.47. The molecule has 1 aliphatic carbocycles. The van der Waals surface area contributed by atoms with E-state index in [4.69, 9.17) is 4.74 Å². The first-order valence-electron chi connectivity index (χ1n) is 13.3. The Morgan fingerprint density at radius 1 is 0.976 bits per heavy atom. The number of aromatic nitrogens is 1. The standard InChI is InChI=1S/C30H34N4O6S/c1-21-6-12-25(13-7-21)41(38,39)34(2)30(16-4-5-17-30)29(37)33-26(28(36)40-3)20-22-8-10-24(11-9-22)32-27(35)23-14-18-31-19-15-23/h6-15,18-19,26H,4-5,16-17,20H2,1-3H3,(H,32,35)(H,33,37)/t26-/m0/s1. The third-order valence-electron chi connectivity index (χ3n) is 7.52. The van der Waals surface area contributed by atoms with Crippen molar-refractivity contribution in [1.82, 2.24) is 14.6 Å². The van der Waals surface area contributed by atoms with Crippen molar-refractivity contribution in [2.75, 3.05) is 19.5 Å². The first-order valence-corrected chi connectivity index (χ1v) is 14.8. The molecule has 3 aromatic rings. The van der Waals surface area contributed by atoms with E-state index < -0.39 is 33.5 Å². The number of anilines is 1. The van der Waals surface area contributed by atoms with E-state index in [9.17, 15) is 22.8 Å². The van der Waals surface area contributed by atoms with Crippen LogP contribution < -0.4 is 10.6 Å². The zero-order valence-corrected chi connectivity index (χ0v) is 24.1. The highest BCUT2D eigenvalue weighted by molar-refractivity contribution is 7.89. The molecule has 0 aliphatic heterocycles. The molecule has 1 heterocycles. The molecule has 0 spiro atoms. The van der Waals surface area contributed by atoms with Gasteiger partial charge in [0.1, 0.15) is 11.6 Å². The number of aryl methyl sites for hydroxylation is 1. The highest BCUT2D eigenvalue weighted by Crippen LogP contribution is 2.38. The third kappa shape index (κ3) is 6.63. The average Bonchev–Trinajstić information content (AvgIpc) is 3.49. The van der Waals surface area contributed by atoms with E-state index in [1.54, 1.807) is 48.5 Å². The maximum Gasteiger partial charge on any atom is 0.328 e. The number of amides is 2. The van der Waals surface area contributed by atoms with Gasteiger partial charge in [-0.1, -0.05) is 42.7 Å². The molecule has 0 saturated heterocycles. The lowest BCUT2D eigenvalue weighted by Crippen LogP contribution is -2.60. The third-order valence-corrected chi connectivity index (χ3v) is 9.46. The predicted octanol–water partition coefficient (Wildman–Crippen LogP) is 3.48. The molecule has 1 aromatic heterocycles. The smallest absolute Gasteiger partial charge is 0.328 e. The topological polar surface area (TPSA) is 135 Å². The van der Waals surface area contributed by atoms with Crippen molar-refractivity contribution in [2.45, 2.75) is 55.5 Å². The van der Waals surface area contributed by atoms with Gasteiger partial charge in [0.25, 0.3) is 5.91 Å². The van der Waals surface area contributed by atoms with Crippen LogP contribution in [0.15, 0.2) is 78.0 Å². The van der Waals surface area contributed by atoms with Gasteiger partial charge in [-0.15, -0.1) is 0 Å². The van der Waals surface area contributed by atoms with E-state index >= 15 is 0 Å². The fourth-order valence-corrected chi connectivity index (χ4v) is 6.56. The van der Waals surface area contributed by atoms with Crippen molar-refractivity contribution in [3.05, 3.63) is 89.7 Å². The summed E-state index contributed by atoms with van der Waals surface area (Å²) < 4.78 is 33.2. The number of hydrogen-bond donors (Lipinski definition) is 2. The van der Waals surface area contributed by atoms with Crippen molar-refractivity contribution in [3.8, 4) is 0 Å². The number of nitrogens with zero attached hydrogens (tertiary/aromatic N) is 2. The van der Waals surface area contributed by atoms with Gasteiger partial charge in [-0.05, 0) is 61.7 Å². The summed E-state index contributed by atoms with van der Waals surface area (Å²) in [6.07, 6.45) is 5.20. The molecular formula is C30H34N4O6S. The molecule has 1 aliphatic rings. The number of rotatable bonds is 10. The molecule has 0 unspecified atom stereocenters. The highest BCUT2D eigenvalue weighted by atomic mass is 32.2. The molecule has 2 N–H and O–H groups in total. The zero-order valence-electron chi connectivity index (χ0n) is 23.3. The number of likely N-dealkylation sites (N-methyl/N-ethyl adjacent to an activating group) is 1. The quantitative estimate of drug-likeness (QED) is 0.352. The molecule has 1 saturated carbocycles. The zero-order chi connectivity index (χ0) is 29.6. The number of ether oxygens (including phenoxy) is 1. The van der Waals surface area contributed by atoms with Gasteiger partial charge in [0.15, 0.2) is 0 Å². The molecule has 1 atom stereocenters. The minimum atomic E-state index is -3.98. The summed E-state index contributed by atoms with van der Waals surface area (Å²) >= 11 is 0. The lowest BCUT2D eigenvalue weighted by Gasteiger charge is -2.37. The Labute approximate surface area is 240 Å². The number of hydrogen-bond acceptors (Lipinski definition) is 7. The second kappa shape index (κ2) is 12.6. The van der Waals surface area contributed by atoms with Crippen molar-refractivity contribution in [3.63, 3.8) is 0 Å². The van der Waals surface area contributed by atoms with E-state index in [0.717, 1.165) is 9.87 Å². The maximum absolute atomic E-state index is 13.8. The normalized spacial score (nSPS) is 15.2. The predicted molar refractivity (Wildman–Crippen MR) is 154 cm³/mol. The summed E-state index contributed by atoms with van der Waals surface area (Å²) in [5, 5.41) is 5.59. The van der Waals surface area contributed by atoms with E-state index in [1.165, 1.54) is 38.7 Å². The number of methoxy groups -OCH3 is 1. The van der Waals surface area contributed by atoms with Gasteiger partial charge in [0, 0.05) is 37.1 Å². The highest BCUT2D eigenvalue weighted by Gasteiger charge is 2.50. The van der Waals surface area contributed by atoms with Crippen LogP contribution in [0.2, 0.25) is 0 Å². The summed E-state index contributed by atoms with van der Waals surface area (Å²) in [6, 6.07) is 15.5. The van der Waals surface area contributed by atoms with Crippen molar-refractivity contribution < 1.29 is 27.5 Å². The van der Waals surface area contributed by atoms with Crippen molar-refractivity contribution in [2.24, 2.45) is 0 Å². The van der Waals surface area contributed by atoms with Gasteiger partial charge in [-0.3, -0.25) is 14.6 Å². The molecular weight excluding hydrogens is 544 g/mol. The van der Waals surface area contributed by atoms with Gasteiger partial charge in [-0.25, -0.2) is 13.2 Å². The SMILES string of the molecule is COC(=O)[C@H](Cc1ccc(NC(=O)c2ccncc2)cc1)NC(=O)C1(N(C)S(=O)(=O)c2ccc(C)cc2)CCCC1. The van der Waals surface area contributed by atoms with Crippen LogP contribution in [0, 0.1) is 6.92 Å². The van der Waals surface area contributed by atoms with Crippen LogP contribution in [-0.2, 0) is 30.8 Å². The lowest BCUT2D eigenvalue weighted by atomic mass is 9.95. The largest absolute Gasteiger partial charge is 0.467 e. The van der Waals surface area contributed by atoms with Crippen LogP contribution in [0.4, 0.5) is 5.69 Å². The Bertz CT molecular complexity index is 1490. The molecule has 2 amide bonds. The molecule has 216 valence electrons. The van der Waals surface area contributed by atoms with E-state index in [2.05, 4.69) is 15.6 Å². The number of carbonyl (C=O) groups excluding carboxylic acids is 3. The number of carbonyl (C=O) groups is 3.